The minimum Gasteiger partial charge on any atom is -0.444 e. The number of rotatable bonds is 0. The van der Waals surface area contributed by atoms with E-state index in [0.717, 1.165) is 0 Å². The number of aliphatic hydroxyl groups excluding tert-OH is 1. The Morgan fingerprint density at radius 1 is 1.00 bits per heavy atom. The van der Waals surface area contributed by atoms with Gasteiger partial charge in [0.1, 0.15) is 11.2 Å². The molecule has 3 unspecified atom stereocenters. The number of carbonyl (C=O) groups excluding carboxylic acids is 2. The van der Waals surface area contributed by atoms with E-state index in [1.54, 1.807) is 41.5 Å². The highest BCUT2D eigenvalue weighted by molar-refractivity contribution is 5.71. The Labute approximate surface area is 136 Å². The summed E-state index contributed by atoms with van der Waals surface area (Å²) in [6.45, 7) is 11.1. The third-order valence-electron chi connectivity index (χ3n) is 3.53. The lowest BCUT2D eigenvalue weighted by molar-refractivity contribution is 0.00763. The van der Waals surface area contributed by atoms with Crippen LogP contribution in [0.3, 0.4) is 0 Å². The third kappa shape index (κ3) is 4.26. The molecule has 0 aromatic carbocycles. The molecule has 8 nitrogen and oxygen atoms in total. The Kier molecular flexibility index (Phi) is 4.51. The molecule has 0 spiro atoms. The van der Waals surface area contributed by atoms with Crippen LogP contribution < -0.4 is 5.43 Å². The molecular formula is C15H27N3O5. The molecule has 2 rings (SSSR count). The van der Waals surface area contributed by atoms with Crippen molar-refractivity contribution in [2.45, 2.75) is 70.9 Å². The molecule has 23 heavy (non-hydrogen) atoms. The Hall–Kier alpha value is -1.54. The highest BCUT2D eigenvalue weighted by Crippen LogP contribution is 2.27. The molecule has 2 amide bonds. The molecule has 2 fully saturated rings. The first-order valence-electron chi connectivity index (χ1n) is 7.82. The second-order valence-electron chi connectivity index (χ2n) is 8.01. The lowest BCUT2D eigenvalue weighted by Crippen LogP contribution is -2.46. The van der Waals surface area contributed by atoms with E-state index in [1.165, 1.54) is 9.91 Å². The van der Waals surface area contributed by atoms with Crippen molar-refractivity contribution in [3.05, 3.63) is 0 Å². The average Bonchev–Trinajstić information content (AvgIpc) is 2.86. The summed E-state index contributed by atoms with van der Waals surface area (Å²) < 4.78 is 10.7. The maximum atomic E-state index is 12.3. The summed E-state index contributed by atoms with van der Waals surface area (Å²) in [5.74, 6) is 0. The largest absolute Gasteiger partial charge is 0.444 e. The van der Waals surface area contributed by atoms with E-state index < -0.39 is 35.5 Å². The fraction of sp³-hybridized carbons (Fsp3) is 0.867. The number of ether oxygens (including phenoxy) is 2. The summed E-state index contributed by atoms with van der Waals surface area (Å²) in [6.07, 6.45) is -1.78. The van der Waals surface area contributed by atoms with Gasteiger partial charge in [0.15, 0.2) is 0 Å². The van der Waals surface area contributed by atoms with E-state index >= 15 is 0 Å². The van der Waals surface area contributed by atoms with Crippen molar-refractivity contribution in [3.8, 4) is 0 Å². The van der Waals surface area contributed by atoms with Crippen LogP contribution in [0.2, 0.25) is 0 Å². The number of carbonyl (C=O) groups is 2. The SMILES string of the molecule is CC(C)(C)OC(=O)N1CC2C(N1)C(O)CN2C(=O)OC(C)(C)C. The van der Waals surface area contributed by atoms with E-state index in [2.05, 4.69) is 5.43 Å². The molecule has 2 saturated heterocycles. The van der Waals surface area contributed by atoms with Gasteiger partial charge in [0.05, 0.1) is 31.3 Å². The van der Waals surface area contributed by atoms with Crippen LogP contribution in [-0.4, -0.2) is 69.7 Å². The smallest absolute Gasteiger partial charge is 0.424 e. The van der Waals surface area contributed by atoms with Gasteiger partial charge in [-0.3, -0.25) is 4.90 Å². The van der Waals surface area contributed by atoms with Crippen LogP contribution in [0, 0.1) is 0 Å². The van der Waals surface area contributed by atoms with Crippen LogP contribution in [0.15, 0.2) is 0 Å². The Morgan fingerprint density at radius 3 is 2.04 bits per heavy atom. The van der Waals surface area contributed by atoms with Gasteiger partial charge in [-0.05, 0) is 41.5 Å². The zero-order chi connectivity index (χ0) is 17.6. The van der Waals surface area contributed by atoms with Gasteiger partial charge in [-0.15, -0.1) is 0 Å². The number of likely N-dealkylation sites (tertiary alicyclic amines) is 1. The molecule has 0 aromatic rings. The van der Waals surface area contributed by atoms with Crippen molar-refractivity contribution in [2.75, 3.05) is 13.1 Å². The second kappa shape index (κ2) is 5.83. The summed E-state index contributed by atoms with van der Waals surface area (Å²) in [4.78, 5) is 25.9. The zero-order valence-electron chi connectivity index (χ0n) is 14.6. The number of amides is 2. The minimum absolute atomic E-state index is 0.180. The van der Waals surface area contributed by atoms with Crippen LogP contribution in [-0.2, 0) is 9.47 Å². The number of hydrazine groups is 1. The van der Waals surface area contributed by atoms with Crippen LogP contribution >= 0.6 is 0 Å². The molecule has 2 aliphatic heterocycles. The van der Waals surface area contributed by atoms with Gasteiger partial charge in [-0.2, -0.15) is 0 Å². The summed E-state index contributed by atoms with van der Waals surface area (Å²) in [7, 11) is 0. The van der Waals surface area contributed by atoms with Gasteiger partial charge in [0.2, 0.25) is 0 Å². The normalized spacial score (nSPS) is 27.9. The predicted octanol–water partition coefficient (Wildman–Crippen LogP) is 1.09. The third-order valence-corrected chi connectivity index (χ3v) is 3.53. The maximum absolute atomic E-state index is 12.3. The van der Waals surface area contributed by atoms with Gasteiger partial charge in [-0.1, -0.05) is 0 Å². The zero-order valence-corrected chi connectivity index (χ0v) is 14.6. The highest BCUT2D eigenvalue weighted by atomic mass is 16.6. The Morgan fingerprint density at radius 2 is 1.52 bits per heavy atom. The number of nitrogens with one attached hydrogen (secondary N) is 1. The summed E-state index contributed by atoms with van der Waals surface area (Å²) in [5, 5.41) is 11.5. The van der Waals surface area contributed by atoms with Crippen LogP contribution in [0.1, 0.15) is 41.5 Å². The van der Waals surface area contributed by atoms with Crippen molar-refractivity contribution in [3.63, 3.8) is 0 Å². The molecule has 0 aromatic heterocycles. The summed E-state index contributed by atoms with van der Waals surface area (Å²) >= 11 is 0. The van der Waals surface area contributed by atoms with Crippen LogP contribution in [0.5, 0.6) is 0 Å². The topological polar surface area (TPSA) is 91.3 Å². The molecular weight excluding hydrogens is 302 g/mol. The number of β-amino-alcohol motifs (C(OH)–C–C–N with tert-alkyl or cyclic N) is 1. The number of hydrogen-bond donors (Lipinski definition) is 2. The fourth-order valence-corrected chi connectivity index (χ4v) is 2.68. The monoisotopic (exact) mass is 329 g/mol. The van der Waals surface area contributed by atoms with E-state index in [-0.39, 0.29) is 19.1 Å². The first-order valence-corrected chi connectivity index (χ1v) is 7.82. The number of hydrogen-bond acceptors (Lipinski definition) is 6. The lowest BCUT2D eigenvalue weighted by Gasteiger charge is -2.28. The quantitative estimate of drug-likeness (QED) is 0.691. The first kappa shape index (κ1) is 17.8. The van der Waals surface area contributed by atoms with Crippen molar-refractivity contribution in [1.29, 1.82) is 0 Å². The summed E-state index contributed by atoms with van der Waals surface area (Å²) in [6, 6.07) is -0.748. The van der Waals surface area contributed by atoms with Crippen molar-refractivity contribution < 1.29 is 24.2 Å². The molecule has 2 heterocycles. The van der Waals surface area contributed by atoms with E-state index in [4.69, 9.17) is 9.47 Å². The number of nitrogens with zero attached hydrogens (tertiary/aromatic N) is 2. The van der Waals surface area contributed by atoms with E-state index in [0.29, 0.717) is 0 Å². The van der Waals surface area contributed by atoms with E-state index in [1.807, 2.05) is 0 Å². The molecule has 2 N–H and O–H groups in total. The number of aliphatic hydroxyl groups is 1. The highest BCUT2D eigenvalue weighted by Gasteiger charge is 2.51. The van der Waals surface area contributed by atoms with Gasteiger partial charge in [-0.25, -0.2) is 20.0 Å². The lowest BCUT2D eigenvalue weighted by atomic mass is 10.1. The van der Waals surface area contributed by atoms with E-state index in [9.17, 15) is 14.7 Å². The molecule has 132 valence electrons. The average molecular weight is 329 g/mol. The number of fused-ring (bicyclic) bond motifs is 1. The fourth-order valence-electron chi connectivity index (χ4n) is 2.68. The standard InChI is InChI=1S/C15H27N3O5/c1-14(2,3)22-12(20)17-8-10(19)11-9(17)7-18(16-11)13(21)23-15(4,5)6/h9-11,16,19H,7-8H2,1-6H3. The second-order valence-corrected chi connectivity index (χ2v) is 8.01. The van der Waals surface area contributed by atoms with Crippen LogP contribution in [0.4, 0.5) is 9.59 Å². The molecule has 0 saturated carbocycles. The molecule has 3 atom stereocenters. The van der Waals surface area contributed by atoms with Crippen molar-refractivity contribution in [2.24, 2.45) is 0 Å². The Bertz CT molecular complexity index is 482. The molecule has 8 heteroatoms. The van der Waals surface area contributed by atoms with Gasteiger partial charge in [0.25, 0.3) is 0 Å². The first-order chi connectivity index (χ1) is 10.4. The van der Waals surface area contributed by atoms with Crippen LogP contribution in [0.25, 0.3) is 0 Å². The minimum atomic E-state index is -0.764. The maximum Gasteiger partial charge on any atom is 0.424 e. The van der Waals surface area contributed by atoms with Gasteiger partial charge >= 0.3 is 12.2 Å². The van der Waals surface area contributed by atoms with Gasteiger partial charge < -0.3 is 14.6 Å². The molecule has 0 radical (unpaired) electrons. The van der Waals surface area contributed by atoms with Crippen molar-refractivity contribution >= 4 is 12.2 Å². The predicted molar refractivity (Wildman–Crippen MR) is 82.6 cm³/mol. The molecule has 2 aliphatic rings. The Balaban J connectivity index is 2.04. The summed E-state index contributed by atoms with van der Waals surface area (Å²) in [5.41, 5.74) is 1.71. The van der Waals surface area contributed by atoms with Crippen molar-refractivity contribution in [1.82, 2.24) is 15.3 Å². The van der Waals surface area contributed by atoms with Gasteiger partial charge in [0, 0.05) is 0 Å². The molecule has 0 bridgehead atoms. The molecule has 0 aliphatic carbocycles.